The fourth-order valence-corrected chi connectivity index (χ4v) is 5.52. The summed E-state index contributed by atoms with van der Waals surface area (Å²) in [4.78, 5) is 18.3. The highest BCUT2D eigenvalue weighted by molar-refractivity contribution is 6.31. The zero-order valence-electron chi connectivity index (χ0n) is 20.9. The second kappa shape index (κ2) is 9.53. The van der Waals surface area contributed by atoms with E-state index in [1.807, 2.05) is 31.3 Å². The van der Waals surface area contributed by atoms with Crippen molar-refractivity contribution in [1.82, 2.24) is 4.57 Å². The first-order valence-corrected chi connectivity index (χ1v) is 12.7. The molecule has 1 unspecified atom stereocenters. The van der Waals surface area contributed by atoms with Gasteiger partial charge in [-0.1, -0.05) is 54.1 Å². The fourth-order valence-electron chi connectivity index (χ4n) is 5.35. The molecule has 8 heteroatoms. The highest BCUT2D eigenvalue weighted by Gasteiger charge is 2.29. The van der Waals surface area contributed by atoms with Crippen molar-refractivity contribution in [2.45, 2.75) is 12.5 Å². The van der Waals surface area contributed by atoms with Gasteiger partial charge in [0.1, 0.15) is 11.4 Å². The molecule has 0 radical (unpaired) electrons. The number of nitrogens with zero attached hydrogens (tertiary/aromatic N) is 3. The topological polar surface area (TPSA) is 98.3 Å². The lowest BCUT2D eigenvalue weighted by Crippen LogP contribution is -2.19. The van der Waals surface area contributed by atoms with E-state index in [4.69, 9.17) is 11.6 Å². The van der Waals surface area contributed by atoms with Crippen LogP contribution in [0.4, 0.5) is 11.4 Å². The number of aromatic carboxylic acids is 1. The SMILES string of the molecule is CN1c2ccccc2CC1c1cccc(N=Cc2c(O)n(-c3cccc(C(=O)O)c3)c3cc(Cl)ccc23)c1O. The second-order valence-electron chi connectivity index (χ2n) is 9.52. The summed E-state index contributed by atoms with van der Waals surface area (Å²) in [5.74, 6) is -1.11. The van der Waals surface area contributed by atoms with E-state index in [2.05, 4.69) is 22.0 Å². The third-order valence-electron chi connectivity index (χ3n) is 7.28. The van der Waals surface area contributed by atoms with E-state index in [9.17, 15) is 20.1 Å². The Bertz CT molecular complexity index is 1790. The number of aliphatic imine (C=N–C) groups is 1. The predicted molar refractivity (Wildman–Crippen MR) is 154 cm³/mol. The van der Waals surface area contributed by atoms with Gasteiger partial charge in [0.15, 0.2) is 0 Å². The Morgan fingerprint density at radius 3 is 2.59 bits per heavy atom. The summed E-state index contributed by atoms with van der Waals surface area (Å²) in [6.45, 7) is 0. The molecule has 1 aromatic heterocycles. The second-order valence-corrected chi connectivity index (χ2v) is 9.96. The summed E-state index contributed by atoms with van der Waals surface area (Å²) in [6, 6.07) is 25.1. The number of fused-ring (bicyclic) bond motifs is 2. The van der Waals surface area contributed by atoms with Crippen molar-refractivity contribution in [3.8, 4) is 17.3 Å². The Balaban J connectivity index is 1.42. The molecule has 194 valence electrons. The van der Waals surface area contributed by atoms with Crippen LogP contribution in [0.25, 0.3) is 16.6 Å². The van der Waals surface area contributed by atoms with Crippen LogP contribution in [0, 0.1) is 0 Å². The van der Waals surface area contributed by atoms with Crippen molar-refractivity contribution in [1.29, 1.82) is 0 Å². The number of carboxylic acid groups (broad SMARTS) is 1. The number of aromatic nitrogens is 1. The number of hydrogen-bond acceptors (Lipinski definition) is 5. The van der Waals surface area contributed by atoms with Crippen LogP contribution in [-0.2, 0) is 6.42 Å². The minimum atomic E-state index is -1.07. The third kappa shape index (κ3) is 4.17. The molecule has 0 fully saturated rings. The zero-order valence-corrected chi connectivity index (χ0v) is 21.7. The van der Waals surface area contributed by atoms with Crippen LogP contribution in [0.2, 0.25) is 5.02 Å². The molecule has 7 nitrogen and oxygen atoms in total. The van der Waals surface area contributed by atoms with Crippen molar-refractivity contribution >= 4 is 46.1 Å². The highest BCUT2D eigenvalue weighted by Crippen LogP contribution is 2.44. The van der Waals surface area contributed by atoms with E-state index >= 15 is 0 Å². The highest BCUT2D eigenvalue weighted by atomic mass is 35.5. The number of phenolic OH excluding ortho intramolecular Hbond substituents is 1. The smallest absolute Gasteiger partial charge is 0.335 e. The normalized spacial score (nSPS) is 14.8. The minimum Gasteiger partial charge on any atom is -0.505 e. The maximum atomic E-state index is 11.6. The fraction of sp³-hybridized carbons (Fsp3) is 0.0968. The maximum Gasteiger partial charge on any atom is 0.335 e. The van der Waals surface area contributed by atoms with E-state index in [0.717, 1.165) is 17.7 Å². The van der Waals surface area contributed by atoms with Crippen molar-refractivity contribution in [3.05, 3.63) is 112 Å². The van der Waals surface area contributed by atoms with Crippen molar-refractivity contribution in [2.75, 3.05) is 11.9 Å². The minimum absolute atomic E-state index is 0.0310. The molecule has 39 heavy (non-hydrogen) atoms. The molecular formula is C31H24ClN3O4. The van der Waals surface area contributed by atoms with Gasteiger partial charge >= 0.3 is 5.97 Å². The molecule has 0 saturated carbocycles. The lowest BCUT2D eigenvalue weighted by molar-refractivity contribution is 0.0696. The van der Waals surface area contributed by atoms with Crippen LogP contribution >= 0.6 is 11.6 Å². The van der Waals surface area contributed by atoms with Gasteiger partial charge in [-0.25, -0.2) is 4.79 Å². The summed E-state index contributed by atoms with van der Waals surface area (Å²) in [6.07, 6.45) is 2.28. The molecule has 0 spiro atoms. The molecule has 6 rings (SSSR count). The van der Waals surface area contributed by atoms with Crippen LogP contribution in [0.1, 0.15) is 33.1 Å². The van der Waals surface area contributed by atoms with Gasteiger partial charge in [-0.15, -0.1) is 0 Å². The van der Waals surface area contributed by atoms with E-state index < -0.39 is 5.97 Å². The molecule has 2 heterocycles. The van der Waals surface area contributed by atoms with Crippen molar-refractivity contribution in [3.63, 3.8) is 0 Å². The lowest BCUT2D eigenvalue weighted by atomic mass is 10.0. The molecule has 4 aromatic carbocycles. The molecule has 0 amide bonds. The first-order chi connectivity index (χ1) is 18.8. The molecule has 1 aliphatic rings. The largest absolute Gasteiger partial charge is 0.505 e. The number of carbonyl (C=O) groups is 1. The molecule has 0 saturated heterocycles. The van der Waals surface area contributed by atoms with E-state index in [0.29, 0.717) is 32.9 Å². The number of likely N-dealkylation sites (N-methyl/N-ethyl adjacent to an activating group) is 1. The summed E-state index contributed by atoms with van der Waals surface area (Å²) in [5.41, 5.74) is 5.07. The number of aromatic hydroxyl groups is 2. The Morgan fingerprint density at radius 2 is 1.79 bits per heavy atom. The Hall–Kier alpha value is -4.75. The van der Waals surface area contributed by atoms with Crippen LogP contribution in [0.5, 0.6) is 11.6 Å². The first kappa shape index (κ1) is 24.6. The summed E-state index contributed by atoms with van der Waals surface area (Å²) in [5, 5.41) is 33.1. The molecule has 5 aromatic rings. The first-order valence-electron chi connectivity index (χ1n) is 12.4. The number of para-hydroxylation sites is 2. The summed E-state index contributed by atoms with van der Waals surface area (Å²) >= 11 is 6.28. The molecule has 1 aliphatic heterocycles. The van der Waals surface area contributed by atoms with Crippen molar-refractivity contribution in [2.24, 2.45) is 4.99 Å². The van der Waals surface area contributed by atoms with Gasteiger partial charge in [0, 0.05) is 40.6 Å². The monoisotopic (exact) mass is 537 g/mol. The molecule has 1 atom stereocenters. The summed E-state index contributed by atoms with van der Waals surface area (Å²) < 4.78 is 1.54. The average molecular weight is 538 g/mol. The lowest BCUT2D eigenvalue weighted by Gasteiger charge is -2.24. The van der Waals surface area contributed by atoms with Gasteiger partial charge in [-0.2, -0.15) is 0 Å². The molecule has 3 N–H and O–H groups in total. The Labute approximate surface area is 229 Å². The van der Waals surface area contributed by atoms with E-state index in [1.165, 1.54) is 28.5 Å². The number of anilines is 1. The Morgan fingerprint density at radius 1 is 1.00 bits per heavy atom. The van der Waals surface area contributed by atoms with E-state index in [-0.39, 0.29) is 23.2 Å². The van der Waals surface area contributed by atoms with Crippen LogP contribution in [0.15, 0.2) is 89.9 Å². The van der Waals surface area contributed by atoms with Crippen LogP contribution in [-0.4, -0.2) is 39.1 Å². The van der Waals surface area contributed by atoms with Crippen molar-refractivity contribution < 1.29 is 20.1 Å². The predicted octanol–water partition coefficient (Wildman–Crippen LogP) is 6.88. The number of hydrogen-bond donors (Lipinski definition) is 3. The Kier molecular flexibility index (Phi) is 6.00. The number of rotatable bonds is 5. The number of halogens is 1. The third-order valence-corrected chi connectivity index (χ3v) is 7.52. The van der Waals surface area contributed by atoms with Gasteiger partial charge in [0.2, 0.25) is 5.88 Å². The number of carboxylic acids is 1. The number of phenols is 1. The maximum absolute atomic E-state index is 11.6. The molecule has 0 aliphatic carbocycles. The summed E-state index contributed by atoms with van der Waals surface area (Å²) in [7, 11) is 2.02. The van der Waals surface area contributed by atoms with Gasteiger partial charge in [0.25, 0.3) is 0 Å². The van der Waals surface area contributed by atoms with E-state index in [1.54, 1.807) is 36.4 Å². The van der Waals surface area contributed by atoms with Gasteiger partial charge < -0.3 is 20.2 Å². The average Bonchev–Trinajstić information content (AvgIpc) is 3.41. The standard InChI is InChI=1S/C31H24ClN3O4/c1-34-26-11-3-2-6-18(26)15-27(34)23-9-5-10-25(29(23)36)33-17-24-22-13-12-20(32)16-28(22)35(30(24)37)21-8-4-7-19(14-21)31(38)39/h2-14,16-17,27,36-37H,15H2,1H3,(H,38,39). The molecular weight excluding hydrogens is 514 g/mol. The molecule has 0 bridgehead atoms. The van der Waals surface area contributed by atoms with Gasteiger partial charge in [-0.05, 0) is 54.4 Å². The van der Waals surface area contributed by atoms with Crippen LogP contribution in [0.3, 0.4) is 0 Å². The van der Waals surface area contributed by atoms with Gasteiger partial charge in [-0.3, -0.25) is 9.56 Å². The quantitative estimate of drug-likeness (QED) is 0.212. The van der Waals surface area contributed by atoms with Crippen LogP contribution < -0.4 is 4.90 Å². The number of benzene rings is 4. The zero-order chi connectivity index (χ0) is 27.3. The van der Waals surface area contributed by atoms with Gasteiger partial charge in [0.05, 0.1) is 22.7 Å².